The zero-order valence-electron chi connectivity index (χ0n) is 9.64. The molecule has 5 nitrogen and oxygen atoms in total. The van der Waals surface area contributed by atoms with Gasteiger partial charge < -0.3 is 10.6 Å². The SMILES string of the molecule is CC(C(N)=S)S(=O)(=O)NCC1CCN(C)C1. The highest BCUT2D eigenvalue weighted by Crippen LogP contribution is 2.13. The second-order valence-corrected chi connectivity index (χ2v) is 6.91. The standard InChI is InChI=1S/C9H19N3O2S2/c1-7(9(10)15)16(13,14)11-5-8-3-4-12(2)6-8/h7-8,11H,3-6H2,1-2H3,(H2,10,15). The molecule has 1 saturated heterocycles. The summed E-state index contributed by atoms with van der Waals surface area (Å²) >= 11 is 4.68. The Balaban J connectivity index is 2.45. The summed E-state index contributed by atoms with van der Waals surface area (Å²) in [5, 5.41) is -0.804. The van der Waals surface area contributed by atoms with Crippen LogP contribution in [0.4, 0.5) is 0 Å². The van der Waals surface area contributed by atoms with Crippen LogP contribution in [0.25, 0.3) is 0 Å². The van der Waals surface area contributed by atoms with Gasteiger partial charge in [-0.05, 0) is 32.9 Å². The second kappa shape index (κ2) is 5.39. The number of thiocarbonyl (C=S) groups is 1. The van der Waals surface area contributed by atoms with Crippen molar-refractivity contribution in [3.63, 3.8) is 0 Å². The molecule has 16 heavy (non-hydrogen) atoms. The maximum atomic E-state index is 11.7. The first-order valence-electron chi connectivity index (χ1n) is 5.29. The van der Waals surface area contributed by atoms with Crippen LogP contribution in [0, 0.1) is 5.92 Å². The van der Waals surface area contributed by atoms with E-state index >= 15 is 0 Å². The van der Waals surface area contributed by atoms with Crippen LogP contribution in [0.3, 0.4) is 0 Å². The van der Waals surface area contributed by atoms with Crippen LogP contribution in [-0.4, -0.2) is 50.2 Å². The average Bonchev–Trinajstić information content (AvgIpc) is 2.60. The topological polar surface area (TPSA) is 75.4 Å². The Morgan fingerprint density at radius 2 is 2.31 bits per heavy atom. The Morgan fingerprint density at radius 3 is 2.75 bits per heavy atom. The fourth-order valence-corrected chi connectivity index (χ4v) is 3.11. The molecule has 0 spiro atoms. The first-order valence-corrected chi connectivity index (χ1v) is 7.24. The van der Waals surface area contributed by atoms with E-state index in [1.807, 2.05) is 7.05 Å². The molecule has 0 aromatic heterocycles. The number of hydrogen-bond donors (Lipinski definition) is 2. The molecule has 0 aromatic rings. The van der Waals surface area contributed by atoms with Gasteiger partial charge in [0.2, 0.25) is 10.0 Å². The number of nitrogens with zero attached hydrogens (tertiary/aromatic N) is 1. The Kier molecular flexibility index (Phi) is 4.66. The van der Waals surface area contributed by atoms with E-state index in [1.54, 1.807) is 0 Å². The van der Waals surface area contributed by atoms with Gasteiger partial charge in [0, 0.05) is 13.1 Å². The third kappa shape index (κ3) is 3.65. The fraction of sp³-hybridized carbons (Fsp3) is 0.889. The van der Waals surface area contributed by atoms with Crippen molar-refractivity contribution < 1.29 is 8.42 Å². The molecule has 0 saturated carbocycles. The molecular formula is C9H19N3O2S2. The van der Waals surface area contributed by atoms with Gasteiger partial charge in [0.15, 0.2) is 0 Å². The van der Waals surface area contributed by atoms with Crippen LogP contribution < -0.4 is 10.5 Å². The summed E-state index contributed by atoms with van der Waals surface area (Å²) in [6.07, 6.45) is 1.03. The second-order valence-electron chi connectivity index (χ2n) is 4.36. The normalized spacial score (nSPS) is 24.5. The van der Waals surface area contributed by atoms with Crippen LogP contribution in [0.1, 0.15) is 13.3 Å². The van der Waals surface area contributed by atoms with Gasteiger partial charge in [0.05, 0.1) is 4.99 Å². The Labute approximate surface area is 102 Å². The molecule has 7 heteroatoms. The monoisotopic (exact) mass is 265 g/mol. The van der Waals surface area contributed by atoms with E-state index < -0.39 is 15.3 Å². The molecule has 0 aliphatic carbocycles. The van der Waals surface area contributed by atoms with Crippen molar-refractivity contribution in [2.75, 3.05) is 26.7 Å². The van der Waals surface area contributed by atoms with Crippen molar-refractivity contribution in [1.29, 1.82) is 0 Å². The largest absolute Gasteiger partial charge is 0.392 e. The minimum Gasteiger partial charge on any atom is -0.392 e. The predicted octanol–water partition coefficient (Wildman–Crippen LogP) is -0.468. The molecule has 1 heterocycles. The van der Waals surface area contributed by atoms with E-state index in [4.69, 9.17) is 5.73 Å². The third-order valence-corrected chi connectivity index (χ3v) is 5.18. The van der Waals surface area contributed by atoms with Gasteiger partial charge in [-0.3, -0.25) is 0 Å². The van der Waals surface area contributed by atoms with Gasteiger partial charge in [-0.25, -0.2) is 13.1 Å². The van der Waals surface area contributed by atoms with Crippen LogP contribution in [-0.2, 0) is 10.0 Å². The fourth-order valence-electron chi connectivity index (χ4n) is 1.70. The molecule has 0 aromatic carbocycles. The lowest BCUT2D eigenvalue weighted by atomic mass is 10.1. The smallest absolute Gasteiger partial charge is 0.220 e. The number of nitrogens with two attached hydrogens (primary N) is 1. The first-order chi connectivity index (χ1) is 7.33. The molecule has 1 aliphatic heterocycles. The van der Waals surface area contributed by atoms with Crippen LogP contribution in [0.5, 0.6) is 0 Å². The quantitative estimate of drug-likeness (QED) is 0.658. The zero-order chi connectivity index (χ0) is 12.3. The highest BCUT2D eigenvalue weighted by molar-refractivity contribution is 7.93. The molecule has 0 amide bonds. The van der Waals surface area contributed by atoms with E-state index in [0.717, 1.165) is 19.5 Å². The minimum atomic E-state index is -3.40. The lowest BCUT2D eigenvalue weighted by Crippen LogP contribution is -2.42. The minimum absolute atomic E-state index is 0.0102. The molecule has 94 valence electrons. The highest BCUT2D eigenvalue weighted by Gasteiger charge is 2.26. The van der Waals surface area contributed by atoms with Gasteiger partial charge in [-0.2, -0.15) is 0 Å². The Bertz CT molecular complexity index is 356. The molecule has 2 atom stereocenters. The number of nitrogens with one attached hydrogen (secondary N) is 1. The van der Waals surface area contributed by atoms with Crippen molar-refractivity contribution in [3.05, 3.63) is 0 Å². The van der Waals surface area contributed by atoms with Crippen molar-refractivity contribution >= 4 is 27.2 Å². The van der Waals surface area contributed by atoms with Crippen LogP contribution in [0.15, 0.2) is 0 Å². The van der Waals surface area contributed by atoms with Crippen molar-refractivity contribution in [2.24, 2.45) is 11.7 Å². The molecule has 1 aliphatic rings. The molecule has 2 unspecified atom stereocenters. The molecular weight excluding hydrogens is 246 g/mol. The molecule has 3 N–H and O–H groups in total. The van der Waals surface area contributed by atoms with Crippen LogP contribution in [0.2, 0.25) is 0 Å². The summed E-state index contributed by atoms with van der Waals surface area (Å²) < 4.78 is 26.0. The van der Waals surface area contributed by atoms with Crippen molar-refractivity contribution in [3.8, 4) is 0 Å². The number of hydrogen-bond acceptors (Lipinski definition) is 4. The highest BCUT2D eigenvalue weighted by atomic mass is 32.2. The van der Waals surface area contributed by atoms with E-state index in [-0.39, 0.29) is 4.99 Å². The van der Waals surface area contributed by atoms with Gasteiger partial charge in [0.25, 0.3) is 0 Å². The van der Waals surface area contributed by atoms with E-state index in [0.29, 0.717) is 12.5 Å². The summed E-state index contributed by atoms with van der Waals surface area (Å²) in [7, 11) is -1.37. The van der Waals surface area contributed by atoms with Gasteiger partial charge in [-0.1, -0.05) is 12.2 Å². The summed E-state index contributed by atoms with van der Waals surface area (Å²) in [5.74, 6) is 0.387. The summed E-state index contributed by atoms with van der Waals surface area (Å²) in [5.41, 5.74) is 5.33. The number of rotatable bonds is 5. The molecule has 1 fully saturated rings. The predicted molar refractivity (Wildman–Crippen MR) is 68.8 cm³/mol. The first kappa shape index (κ1) is 13.8. The maximum Gasteiger partial charge on any atom is 0.220 e. The van der Waals surface area contributed by atoms with Gasteiger partial charge >= 0.3 is 0 Å². The van der Waals surface area contributed by atoms with Gasteiger partial charge in [0.1, 0.15) is 5.25 Å². The summed E-state index contributed by atoms with van der Waals surface area (Å²) in [4.78, 5) is 2.20. The lowest BCUT2D eigenvalue weighted by Gasteiger charge is -2.15. The van der Waals surface area contributed by atoms with Crippen molar-refractivity contribution in [2.45, 2.75) is 18.6 Å². The Hall–Kier alpha value is -0.240. The molecule has 0 radical (unpaired) electrons. The number of likely N-dealkylation sites (tertiary alicyclic amines) is 1. The molecule has 1 rings (SSSR count). The van der Waals surface area contributed by atoms with E-state index in [1.165, 1.54) is 6.92 Å². The van der Waals surface area contributed by atoms with E-state index in [2.05, 4.69) is 21.8 Å². The number of sulfonamides is 1. The zero-order valence-corrected chi connectivity index (χ0v) is 11.3. The lowest BCUT2D eigenvalue weighted by molar-refractivity contribution is 0.394. The summed E-state index contributed by atoms with van der Waals surface area (Å²) in [6, 6.07) is 0. The third-order valence-electron chi connectivity index (χ3n) is 2.93. The average molecular weight is 265 g/mol. The summed E-state index contributed by atoms with van der Waals surface area (Å²) in [6.45, 7) is 3.94. The Morgan fingerprint density at radius 1 is 1.69 bits per heavy atom. The van der Waals surface area contributed by atoms with Crippen LogP contribution >= 0.6 is 12.2 Å². The molecule has 0 bridgehead atoms. The van der Waals surface area contributed by atoms with Gasteiger partial charge in [-0.15, -0.1) is 0 Å². The van der Waals surface area contributed by atoms with Crippen molar-refractivity contribution in [1.82, 2.24) is 9.62 Å². The maximum absolute atomic E-state index is 11.7. The van der Waals surface area contributed by atoms with E-state index in [9.17, 15) is 8.42 Å².